The zero-order chi connectivity index (χ0) is 12.0. The third-order valence-electron chi connectivity index (χ3n) is 1.66. The van der Waals surface area contributed by atoms with Crippen molar-refractivity contribution in [3.05, 3.63) is 48.2 Å². The fourth-order valence-electron chi connectivity index (χ4n) is 0.967. The fourth-order valence-corrected chi connectivity index (χ4v) is 0.967. The van der Waals surface area contributed by atoms with Gasteiger partial charge in [-0.1, -0.05) is 30.9 Å². The molecule has 0 saturated heterocycles. The Bertz CT molecular complexity index is 444. The van der Waals surface area contributed by atoms with E-state index in [9.17, 15) is 4.79 Å². The van der Waals surface area contributed by atoms with Gasteiger partial charge in [-0.25, -0.2) is 4.79 Å². The first-order valence-corrected chi connectivity index (χ1v) is 4.66. The van der Waals surface area contributed by atoms with Crippen LogP contribution < -0.4 is 0 Å². The summed E-state index contributed by atoms with van der Waals surface area (Å²) >= 11 is 0. The van der Waals surface area contributed by atoms with Crippen molar-refractivity contribution in [3.63, 3.8) is 0 Å². The van der Waals surface area contributed by atoms with Crippen molar-refractivity contribution in [2.24, 2.45) is 0 Å². The number of aromatic nitrogens is 2. The molecule has 1 heterocycles. The second-order valence-corrected chi connectivity index (χ2v) is 3.03. The molecule has 84 valence electrons. The van der Waals surface area contributed by atoms with Crippen molar-refractivity contribution < 1.29 is 14.3 Å². The Kier molecular flexibility index (Phi) is 4.20. The Morgan fingerprint density at radius 3 is 2.81 bits per heavy atom. The molecular formula is C11H12N2O3. The van der Waals surface area contributed by atoms with Crippen molar-refractivity contribution in [2.45, 2.75) is 13.3 Å². The molecule has 0 aliphatic heterocycles. The Morgan fingerprint density at radius 2 is 2.25 bits per heavy atom. The number of allylic oxidation sites excluding steroid dienone is 5. The molecule has 0 radical (unpaired) electrons. The Hall–Kier alpha value is -2.17. The van der Waals surface area contributed by atoms with Gasteiger partial charge in [-0.05, 0) is 12.5 Å². The van der Waals surface area contributed by atoms with Gasteiger partial charge in [0, 0.05) is 0 Å². The van der Waals surface area contributed by atoms with Crippen molar-refractivity contribution >= 4 is 5.97 Å². The van der Waals surface area contributed by atoms with Crippen molar-refractivity contribution in [3.8, 4) is 0 Å². The number of nitrogens with zero attached hydrogens (tertiary/aromatic N) is 2. The summed E-state index contributed by atoms with van der Waals surface area (Å²) in [6.45, 7) is 5.69. The Labute approximate surface area is 92.8 Å². The number of hydrogen-bond donors (Lipinski definition) is 1. The van der Waals surface area contributed by atoms with Gasteiger partial charge in [0.25, 0.3) is 0 Å². The first-order valence-electron chi connectivity index (χ1n) is 4.66. The number of hydrogen-bond acceptors (Lipinski definition) is 4. The largest absolute Gasteiger partial charge is 0.474 e. The lowest BCUT2D eigenvalue weighted by molar-refractivity contribution is 0.0651. The van der Waals surface area contributed by atoms with Crippen LogP contribution in [0.1, 0.15) is 23.5 Å². The van der Waals surface area contributed by atoms with Gasteiger partial charge in [-0.15, -0.1) is 10.2 Å². The quantitative estimate of drug-likeness (QED) is 0.768. The fraction of sp³-hybridized carbons (Fsp3) is 0.182. The minimum absolute atomic E-state index is 0.243. The van der Waals surface area contributed by atoms with Crippen LogP contribution in [0.2, 0.25) is 0 Å². The molecule has 1 aromatic heterocycles. The number of aromatic carboxylic acids is 1. The highest BCUT2D eigenvalue weighted by atomic mass is 16.4. The number of carboxylic acids is 1. The number of carbonyl (C=O) groups is 1. The maximum atomic E-state index is 10.5. The van der Waals surface area contributed by atoms with Gasteiger partial charge in [-0.2, -0.15) is 0 Å². The summed E-state index contributed by atoms with van der Waals surface area (Å²) < 4.78 is 4.89. The van der Waals surface area contributed by atoms with E-state index in [1.807, 2.05) is 25.2 Å². The van der Waals surface area contributed by atoms with Crippen LogP contribution in [0.25, 0.3) is 0 Å². The van der Waals surface area contributed by atoms with Crippen LogP contribution in [-0.4, -0.2) is 21.3 Å². The minimum Gasteiger partial charge on any atom is -0.474 e. The van der Waals surface area contributed by atoms with E-state index in [0.717, 1.165) is 5.57 Å². The molecular weight excluding hydrogens is 208 g/mol. The van der Waals surface area contributed by atoms with Crippen LogP contribution in [0, 0.1) is 0 Å². The summed E-state index contributed by atoms with van der Waals surface area (Å²) in [5.74, 6) is -1.39. The van der Waals surface area contributed by atoms with E-state index >= 15 is 0 Å². The third kappa shape index (κ3) is 3.53. The van der Waals surface area contributed by atoms with Gasteiger partial charge in [0.2, 0.25) is 5.89 Å². The molecule has 0 bridgehead atoms. The smallest absolute Gasteiger partial charge is 0.393 e. The summed E-state index contributed by atoms with van der Waals surface area (Å²) in [5, 5.41) is 15.5. The van der Waals surface area contributed by atoms with Gasteiger partial charge in [0.05, 0.1) is 6.42 Å². The highest BCUT2D eigenvalue weighted by molar-refractivity contribution is 5.81. The van der Waals surface area contributed by atoms with Crippen LogP contribution in [0.4, 0.5) is 0 Å². The van der Waals surface area contributed by atoms with Gasteiger partial charge < -0.3 is 9.52 Å². The molecule has 0 aliphatic rings. The average molecular weight is 220 g/mol. The molecule has 0 amide bonds. The molecule has 1 rings (SSSR count). The molecule has 5 heteroatoms. The van der Waals surface area contributed by atoms with Gasteiger partial charge >= 0.3 is 11.9 Å². The Morgan fingerprint density at radius 1 is 1.50 bits per heavy atom. The highest BCUT2D eigenvalue weighted by Crippen LogP contribution is 2.06. The normalized spacial score (nSPS) is 11.3. The molecule has 0 spiro atoms. The third-order valence-corrected chi connectivity index (χ3v) is 1.66. The van der Waals surface area contributed by atoms with E-state index < -0.39 is 11.9 Å². The standard InChI is InChI=1S/C11H12N2O3/c1-3-4-5-6-8(2)7-9-12-13-10(16-9)11(14)15/h3-6H,2,7H2,1H3,(H,14,15)/b4-3-,6-5-. The molecule has 0 unspecified atom stereocenters. The topological polar surface area (TPSA) is 76.2 Å². The predicted octanol–water partition coefficient (Wildman–Crippen LogP) is 2.00. The number of rotatable bonds is 5. The summed E-state index contributed by atoms with van der Waals surface area (Å²) in [6.07, 6.45) is 7.72. The lowest BCUT2D eigenvalue weighted by atomic mass is 10.2. The molecule has 16 heavy (non-hydrogen) atoms. The van der Waals surface area contributed by atoms with Gasteiger partial charge in [-0.3, -0.25) is 0 Å². The van der Waals surface area contributed by atoms with E-state index in [4.69, 9.17) is 9.52 Å². The second-order valence-electron chi connectivity index (χ2n) is 3.03. The molecule has 5 nitrogen and oxygen atoms in total. The van der Waals surface area contributed by atoms with Gasteiger partial charge in [0.1, 0.15) is 0 Å². The minimum atomic E-state index is -1.23. The molecule has 0 saturated carbocycles. The zero-order valence-electron chi connectivity index (χ0n) is 8.88. The van der Waals surface area contributed by atoms with Crippen LogP contribution in [0.15, 0.2) is 40.9 Å². The number of carboxylic acid groups (broad SMARTS) is 1. The first kappa shape index (κ1) is 11.9. The molecule has 0 aliphatic carbocycles. The van der Waals surface area contributed by atoms with E-state index in [0.29, 0.717) is 6.42 Å². The maximum absolute atomic E-state index is 10.5. The van der Waals surface area contributed by atoms with Crippen LogP contribution in [-0.2, 0) is 6.42 Å². The van der Waals surface area contributed by atoms with Crippen molar-refractivity contribution in [2.75, 3.05) is 0 Å². The SMILES string of the molecule is C=C(/C=C\C=C/C)Cc1nnc(C(=O)O)o1. The highest BCUT2D eigenvalue weighted by Gasteiger charge is 2.12. The van der Waals surface area contributed by atoms with Crippen molar-refractivity contribution in [1.29, 1.82) is 0 Å². The maximum Gasteiger partial charge on any atom is 0.393 e. The van der Waals surface area contributed by atoms with Crippen LogP contribution in [0.3, 0.4) is 0 Å². The Balaban J connectivity index is 2.59. The summed E-state index contributed by atoms with van der Waals surface area (Å²) in [6, 6.07) is 0. The lowest BCUT2D eigenvalue weighted by Crippen LogP contribution is -1.95. The zero-order valence-corrected chi connectivity index (χ0v) is 8.88. The van der Waals surface area contributed by atoms with Gasteiger partial charge in [0.15, 0.2) is 0 Å². The molecule has 1 aromatic rings. The van der Waals surface area contributed by atoms with E-state index in [1.165, 1.54) is 0 Å². The monoisotopic (exact) mass is 220 g/mol. The summed E-state index contributed by atoms with van der Waals surface area (Å²) in [7, 11) is 0. The van der Waals surface area contributed by atoms with E-state index in [1.54, 1.807) is 6.08 Å². The summed E-state index contributed by atoms with van der Waals surface area (Å²) in [4.78, 5) is 10.5. The lowest BCUT2D eigenvalue weighted by Gasteiger charge is -1.92. The van der Waals surface area contributed by atoms with Crippen LogP contribution in [0.5, 0.6) is 0 Å². The second kappa shape index (κ2) is 5.65. The first-order chi connectivity index (χ1) is 7.63. The molecule has 0 aromatic carbocycles. The molecule has 1 N–H and O–H groups in total. The molecule has 0 fully saturated rings. The van der Waals surface area contributed by atoms with Crippen LogP contribution >= 0.6 is 0 Å². The summed E-state index contributed by atoms with van der Waals surface area (Å²) in [5.41, 5.74) is 0.763. The average Bonchev–Trinajstić information content (AvgIpc) is 2.66. The van der Waals surface area contributed by atoms with E-state index in [2.05, 4.69) is 16.8 Å². The van der Waals surface area contributed by atoms with E-state index in [-0.39, 0.29) is 5.89 Å². The van der Waals surface area contributed by atoms with Crippen molar-refractivity contribution in [1.82, 2.24) is 10.2 Å². The predicted molar refractivity (Wildman–Crippen MR) is 58.1 cm³/mol. The molecule has 0 atom stereocenters.